The molecule has 0 aromatic heterocycles. The summed E-state index contributed by atoms with van der Waals surface area (Å²) in [5.41, 5.74) is 1.93. The van der Waals surface area contributed by atoms with Crippen molar-refractivity contribution in [2.24, 2.45) is 5.92 Å². The fourth-order valence-electron chi connectivity index (χ4n) is 3.23. The van der Waals surface area contributed by atoms with E-state index in [1.165, 1.54) is 5.56 Å². The average molecular weight is 326 g/mol. The Hall–Kier alpha value is -2.29. The van der Waals surface area contributed by atoms with Gasteiger partial charge < -0.3 is 9.47 Å². The highest BCUT2D eigenvalue weighted by atomic mass is 16.5. The van der Waals surface area contributed by atoms with Crippen molar-refractivity contribution >= 4 is 5.78 Å². The van der Waals surface area contributed by atoms with Crippen molar-refractivity contribution in [1.82, 2.24) is 0 Å². The largest absolute Gasteiger partial charge is 0.497 e. The minimum atomic E-state index is -0.0308. The molecule has 0 amide bonds. The third-order valence-electron chi connectivity index (χ3n) is 4.62. The van der Waals surface area contributed by atoms with Crippen LogP contribution in [0, 0.1) is 5.92 Å². The lowest BCUT2D eigenvalue weighted by atomic mass is 9.78. The van der Waals surface area contributed by atoms with Crippen molar-refractivity contribution in [3.63, 3.8) is 0 Å². The Morgan fingerprint density at radius 1 is 0.833 bits per heavy atom. The van der Waals surface area contributed by atoms with Crippen LogP contribution in [-0.2, 0) is 0 Å². The van der Waals surface area contributed by atoms with Gasteiger partial charge in [-0.25, -0.2) is 0 Å². The van der Waals surface area contributed by atoms with Gasteiger partial charge in [0.2, 0.25) is 0 Å². The molecule has 0 saturated heterocycles. The molecule has 2 aromatic carbocycles. The monoisotopic (exact) mass is 326 g/mol. The second-order valence-electron chi connectivity index (χ2n) is 5.90. The molecule has 0 spiro atoms. The summed E-state index contributed by atoms with van der Waals surface area (Å²) in [6.45, 7) is 4.22. The molecule has 128 valence electrons. The maximum Gasteiger partial charge on any atom is 0.166 e. The molecule has 0 unspecified atom stereocenters. The lowest BCUT2D eigenvalue weighted by Gasteiger charge is -2.25. The number of carbonyl (C=O) groups is 1. The maximum absolute atomic E-state index is 13.0. The highest BCUT2D eigenvalue weighted by Crippen LogP contribution is 2.34. The van der Waals surface area contributed by atoms with Gasteiger partial charge in [-0.05, 0) is 60.7 Å². The van der Waals surface area contributed by atoms with E-state index in [1.54, 1.807) is 14.2 Å². The Labute approximate surface area is 144 Å². The maximum atomic E-state index is 13.0. The molecule has 24 heavy (non-hydrogen) atoms. The fourth-order valence-corrected chi connectivity index (χ4v) is 3.23. The van der Waals surface area contributed by atoms with Crippen LogP contribution in [0.4, 0.5) is 0 Å². The van der Waals surface area contributed by atoms with E-state index in [0.29, 0.717) is 0 Å². The zero-order valence-corrected chi connectivity index (χ0v) is 14.9. The summed E-state index contributed by atoms with van der Waals surface area (Å²) in [6.07, 6.45) is 1.74. The molecule has 0 radical (unpaired) electrons. The number of ether oxygens (including phenoxy) is 2. The number of ketones is 1. The van der Waals surface area contributed by atoms with Crippen LogP contribution >= 0.6 is 0 Å². The first-order valence-corrected chi connectivity index (χ1v) is 8.46. The second kappa shape index (κ2) is 8.53. The van der Waals surface area contributed by atoms with Crippen molar-refractivity contribution in [2.75, 3.05) is 14.2 Å². The van der Waals surface area contributed by atoms with Crippen LogP contribution in [0.1, 0.15) is 48.5 Å². The Bertz CT molecular complexity index is 644. The van der Waals surface area contributed by atoms with Crippen molar-refractivity contribution in [3.05, 3.63) is 59.7 Å². The standard InChI is InChI=1S/C21H26O3/c1-5-19(15-7-11-17(23-3)12-8-15)20(6-2)21(22)16-9-13-18(24-4)14-10-16/h7-14,19-20H,5-6H2,1-4H3/t19-,20-/m1/s1. The van der Waals surface area contributed by atoms with Crippen LogP contribution in [0.25, 0.3) is 0 Å². The molecule has 3 heteroatoms. The number of benzene rings is 2. The normalized spacial score (nSPS) is 13.2. The Balaban J connectivity index is 2.26. The summed E-state index contributed by atoms with van der Waals surface area (Å²) >= 11 is 0. The molecule has 0 aliphatic heterocycles. The van der Waals surface area contributed by atoms with E-state index in [-0.39, 0.29) is 17.6 Å². The fraction of sp³-hybridized carbons (Fsp3) is 0.381. The summed E-state index contributed by atoms with van der Waals surface area (Å²) < 4.78 is 10.4. The highest BCUT2D eigenvalue weighted by molar-refractivity contribution is 5.98. The van der Waals surface area contributed by atoms with Gasteiger partial charge in [0.05, 0.1) is 14.2 Å². The van der Waals surface area contributed by atoms with Crippen LogP contribution in [0.5, 0.6) is 11.5 Å². The highest BCUT2D eigenvalue weighted by Gasteiger charge is 2.27. The van der Waals surface area contributed by atoms with Crippen LogP contribution in [0.3, 0.4) is 0 Å². The van der Waals surface area contributed by atoms with Crippen LogP contribution < -0.4 is 9.47 Å². The van der Waals surface area contributed by atoms with Gasteiger partial charge in [0, 0.05) is 11.5 Å². The Morgan fingerprint density at radius 3 is 1.75 bits per heavy atom. The first kappa shape index (κ1) is 18.1. The Kier molecular flexibility index (Phi) is 6.42. The zero-order chi connectivity index (χ0) is 17.5. The van der Waals surface area contributed by atoms with E-state index in [4.69, 9.17) is 9.47 Å². The predicted octanol–water partition coefficient (Wildman–Crippen LogP) is 5.11. The number of rotatable bonds is 8. The van der Waals surface area contributed by atoms with Crippen molar-refractivity contribution < 1.29 is 14.3 Å². The first-order valence-electron chi connectivity index (χ1n) is 8.46. The zero-order valence-electron chi connectivity index (χ0n) is 14.9. The molecule has 0 N–H and O–H groups in total. The average Bonchev–Trinajstić information content (AvgIpc) is 2.65. The number of methoxy groups -OCH3 is 2. The van der Waals surface area contributed by atoms with Crippen molar-refractivity contribution in [1.29, 1.82) is 0 Å². The molecule has 2 rings (SSSR count). The van der Waals surface area contributed by atoms with Gasteiger partial charge >= 0.3 is 0 Å². The molecule has 0 fully saturated rings. The molecule has 2 atom stereocenters. The number of carbonyl (C=O) groups excluding carboxylic acids is 1. The topological polar surface area (TPSA) is 35.5 Å². The van der Waals surface area contributed by atoms with Gasteiger partial charge in [-0.15, -0.1) is 0 Å². The number of hydrogen-bond acceptors (Lipinski definition) is 3. The summed E-state index contributed by atoms with van der Waals surface area (Å²) in [5, 5.41) is 0. The molecule has 0 aliphatic carbocycles. The lowest BCUT2D eigenvalue weighted by Crippen LogP contribution is -2.22. The predicted molar refractivity (Wildman–Crippen MR) is 97.1 cm³/mol. The van der Waals surface area contributed by atoms with Gasteiger partial charge in [-0.2, -0.15) is 0 Å². The van der Waals surface area contributed by atoms with Gasteiger partial charge in [-0.3, -0.25) is 4.79 Å². The lowest BCUT2D eigenvalue weighted by molar-refractivity contribution is 0.0893. The van der Waals surface area contributed by atoms with Gasteiger partial charge in [0.25, 0.3) is 0 Å². The minimum absolute atomic E-state index is 0.0308. The van der Waals surface area contributed by atoms with Crippen molar-refractivity contribution in [3.8, 4) is 11.5 Å². The summed E-state index contributed by atoms with van der Waals surface area (Å²) in [4.78, 5) is 13.0. The molecule has 3 nitrogen and oxygen atoms in total. The molecule has 0 heterocycles. The number of Topliss-reactive ketones (excluding diaryl/α,β-unsaturated/α-hetero) is 1. The van der Waals surface area contributed by atoms with E-state index in [0.717, 1.165) is 29.9 Å². The summed E-state index contributed by atoms with van der Waals surface area (Å²) in [5.74, 6) is 1.97. The van der Waals surface area contributed by atoms with Crippen LogP contribution in [-0.4, -0.2) is 20.0 Å². The minimum Gasteiger partial charge on any atom is -0.497 e. The molecular weight excluding hydrogens is 300 g/mol. The summed E-state index contributed by atoms with van der Waals surface area (Å²) in [7, 11) is 3.29. The van der Waals surface area contributed by atoms with Crippen molar-refractivity contribution in [2.45, 2.75) is 32.6 Å². The van der Waals surface area contributed by atoms with E-state index >= 15 is 0 Å². The van der Waals surface area contributed by atoms with Gasteiger partial charge in [0.15, 0.2) is 5.78 Å². The van der Waals surface area contributed by atoms with E-state index in [1.807, 2.05) is 36.4 Å². The van der Waals surface area contributed by atoms with E-state index in [2.05, 4.69) is 26.0 Å². The van der Waals surface area contributed by atoms with Crippen LogP contribution in [0.2, 0.25) is 0 Å². The molecule has 2 aromatic rings. The number of hydrogen-bond donors (Lipinski definition) is 0. The molecule has 0 saturated carbocycles. The quantitative estimate of drug-likeness (QED) is 0.633. The van der Waals surface area contributed by atoms with Gasteiger partial charge in [0.1, 0.15) is 11.5 Å². The van der Waals surface area contributed by atoms with Crippen LogP contribution in [0.15, 0.2) is 48.5 Å². The molecule has 0 aliphatic rings. The molecular formula is C21H26O3. The van der Waals surface area contributed by atoms with Gasteiger partial charge in [-0.1, -0.05) is 26.0 Å². The third kappa shape index (κ3) is 3.97. The van der Waals surface area contributed by atoms with E-state index < -0.39 is 0 Å². The summed E-state index contributed by atoms with van der Waals surface area (Å²) in [6, 6.07) is 15.4. The first-order chi connectivity index (χ1) is 11.6. The SMILES string of the molecule is CC[C@H](c1ccc(OC)cc1)[C@@H](CC)C(=O)c1ccc(OC)cc1. The third-order valence-corrected chi connectivity index (χ3v) is 4.62. The Morgan fingerprint density at radius 2 is 1.33 bits per heavy atom. The second-order valence-corrected chi connectivity index (χ2v) is 5.90. The molecule has 0 bridgehead atoms. The van der Waals surface area contributed by atoms with E-state index in [9.17, 15) is 4.79 Å². The smallest absolute Gasteiger partial charge is 0.166 e.